The lowest BCUT2D eigenvalue weighted by molar-refractivity contribution is -0.121. The SMILES string of the molecule is Cc1nc(NC(=O)N2CCCC2C(N)=O)sc1-c1ccnc(CC2CC2)n1. The van der Waals surface area contributed by atoms with Crippen LogP contribution in [0.15, 0.2) is 12.3 Å². The first kappa shape index (κ1) is 17.8. The molecule has 1 aliphatic carbocycles. The average molecular weight is 386 g/mol. The van der Waals surface area contributed by atoms with Gasteiger partial charge in [-0.3, -0.25) is 10.1 Å². The van der Waals surface area contributed by atoms with E-state index in [1.165, 1.54) is 29.1 Å². The molecule has 1 unspecified atom stereocenters. The number of anilines is 1. The Hall–Kier alpha value is -2.55. The third-order valence-corrected chi connectivity index (χ3v) is 6.05. The maximum Gasteiger partial charge on any atom is 0.324 e. The molecule has 1 saturated carbocycles. The molecule has 2 aliphatic rings. The topological polar surface area (TPSA) is 114 Å². The van der Waals surface area contributed by atoms with E-state index in [0.29, 0.717) is 18.1 Å². The van der Waals surface area contributed by atoms with Crippen molar-refractivity contribution in [2.24, 2.45) is 11.7 Å². The normalized spacial score (nSPS) is 19.3. The highest BCUT2D eigenvalue weighted by molar-refractivity contribution is 7.19. The molecular formula is C18H22N6O2S. The first-order valence-corrected chi connectivity index (χ1v) is 9.99. The number of carbonyl (C=O) groups excluding carboxylic acids is 2. The molecule has 9 heteroatoms. The fraction of sp³-hybridized carbons (Fsp3) is 0.500. The predicted octanol–water partition coefficient (Wildman–Crippen LogP) is 2.34. The number of thiazole rings is 1. The molecule has 2 aromatic heterocycles. The van der Waals surface area contributed by atoms with Crippen molar-refractivity contribution in [2.45, 2.75) is 45.1 Å². The number of carbonyl (C=O) groups is 2. The van der Waals surface area contributed by atoms with Crippen molar-refractivity contribution >= 4 is 28.4 Å². The van der Waals surface area contributed by atoms with Gasteiger partial charge in [0.05, 0.1) is 16.3 Å². The van der Waals surface area contributed by atoms with E-state index in [0.717, 1.165) is 40.8 Å². The molecule has 0 spiro atoms. The monoisotopic (exact) mass is 386 g/mol. The Kier molecular flexibility index (Phi) is 4.77. The number of primary amides is 1. The van der Waals surface area contributed by atoms with Crippen LogP contribution in [0.25, 0.3) is 10.6 Å². The van der Waals surface area contributed by atoms with Crippen LogP contribution in [-0.2, 0) is 11.2 Å². The molecule has 3 heterocycles. The van der Waals surface area contributed by atoms with Crippen molar-refractivity contribution in [1.82, 2.24) is 19.9 Å². The van der Waals surface area contributed by atoms with Crippen molar-refractivity contribution in [3.63, 3.8) is 0 Å². The highest BCUT2D eigenvalue weighted by Gasteiger charge is 2.33. The summed E-state index contributed by atoms with van der Waals surface area (Å²) < 4.78 is 0. The van der Waals surface area contributed by atoms with Gasteiger partial charge in [0.2, 0.25) is 5.91 Å². The molecule has 4 rings (SSSR count). The van der Waals surface area contributed by atoms with Crippen LogP contribution in [0, 0.1) is 12.8 Å². The fourth-order valence-corrected chi connectivity index (χ4v) is 4.29. The molecule has 1 saturated heterocycles. The lowest BCUT2D eigenvalue weighted by Crippen LogP contribution is -2.45. The molecule has 2 fully saturated rings. The Labute approximate surface area is 161 Å². The van der Waals surface area contributed by atoms with Crippen molar-refractivity contribution in [3.8, 4) is 10.6 Å². The second-order valence-corrected chi connectivity index (χ2v) is 8.12. The molecule has 0 aromatic carbocycles. The van der Waals surface area contributed by atoms with Gasteiger partial charge in [-0.05, 0) is 44.6 Å². The number of urea groups is 1. The van der Waals surface area contributed by atoms with Crippen LogP contribution in [0.1, 0.15) is 37.2 Å². The zero-order chi connectivity index (χ0) is 19.0. The number of hydrogen-bond acceptors (Lipinski definition) is 6. The smallest absolute Gasteiger partial charge is 0.324 e. The molecule has 3 N–H and O–H groups in total. The van der Waals surface area contributed by atoms with Gasteiger partial charge in [0, 0.05) is 19.2 Å². The largest absolute Gasteiger partial charge is 0.368 e. The van der Waals surface area contributed by atoms with Crippen LogP contribution in [0.4, 0.5) is 9.93 Å². The number of rotatable bonds is 5. The second kappa shape index (κ2) is 7.22. The molecule has 0 bridgehead atoms. The Morgan fingerprint density at radius 2 is 2.15 bits per heavy atom. The maximum absolute atomic E-state index is 12.5. The summed E-state index contributed by atoms with van der Waals surface area (Å²) in [5.74, 6) is 1.11. The summed E-state index contributed by atoms with van der Waals surface area (Å²) in [7, 11) is 0. The van der Waals surface area contributed by atoms with Crippen LogP contribution in [0.3, 0.4) is 0 Å². The van der Waals surface area contributed by atoms with Crippen molar-refractivity contribution < 1.29 is 9.59 Å². The summed E-state index contributed by atoms with van der Waals surface area (Å²) in [5, 5.41) is 3.29. The zero-order valence-corrected chi connectivity index (χ0v) is 16.0. The summed E-state index contributed by atoms with van der Waals surface area (Å²) in [4.78, 5) is 39.9. The van der Waals surface area contributed by atoms with E-state index in [1.807, 2.05) is 13.0 Å². The minimum atomic E-state index is -0.544. The van der Waals surface area contributed by atoms with E-state index in [1.54, 1.807) is 6.20 Å². The third-order valence-electron chi connectivity index (χ3n) is 4.96. The van der Waals surface area contributed by atoms with Crippen LogP contribution in [0.5, 0.6) is 0 Å². The molecule has 27 heavy (non-hydrogen) atoms. The van der Waals surface area contributed by atoms with E-state index in [-0.39, 0.29) is 6.03 Å². The molecule has 0 radical (unpaired) electrons. The number of aryl methyl sites for hydroxylation is 1. The quantitative estimate of drug-likeness (QED) is 0.819. The summed E-state index contributed by atoms with van der Waals surface area (Å²) in [6.45, 7) is 2.42. The van der Waals surface area contributed by atoms with Gasteiger partial charge in [-0.25, -0.2) is 19.7 Å². The fourth-order valence-electron chi connectivity index (χ4n) is 3.36. The van der Waals surface area contributed by atoms with Crippen LogP contribution < -0.4 is 11.1 Å². The Morgan fingerprint density at radius 3 is 2.89 bits per heavy atom. The Balaban J connectivity index is 1.50. The van der Waals surface area contributed by atoms with E-state index in [9.17, 15) is 9.59 Å². The summed E-state index contributed by atoms with van der Waals surface area (Å²) in [6.07, 6.45) is 6.58. The number of nitrogens with zero attached hydrogens (tertiary/aromatic N) is 4. The molecule has 8 nitrogen and oxygen atoms in total. The van der Waals surface area contributed by atoms with Gasteiger partial charge in [-0.2, -0.15) is 0 Å². The van der Waals surface area contributed by atoms with E-state index >= 15 is 0 Å². The molecule has 142 valence electrons. The lowest BCUT2D eigenvalue weighted by atomic mass is 10.2. The zero-order valence-electron chi connectivity index (χ0n) is 15.1. The minimum Gasteiger partial charge on any atom is -0.368 e. The van der Waals surface area contributed by atoms with Crippen molar-refractivity contribution in [3.05, 3.63) is 23.8 Å². The van der Waals surface area contributed by atoms with E-state index in [2.05, 4.69) is 20.3 Å². The summed E-state index contributed by atoms with van der Waals surface area (Å²) in [5.41, 5.74) is 7.02. The Bertz CT molecular complexity index is 878. The first-order chi connectivity index (χ1) is 13.0. The molecular weight excluding hydrogens is 364 g/mol. The van der Waals surface area contributed by atoms with Crippen molar-refractivity contribution in [1.29, 1.82) is 0 Å². The van der Waals surface area contributed by atoms with E-state index < -0.39 is 11.9 Å². The molecule has 1 aliphatic heterocycles. The third kappa shape index (κ3) is 3.92. The van der Waals surface area contributed by atoms with Gasteiger partial charge in [-0.15, -0.1) is 0 Å². The number of likely N-dealkylation sites (tertiary alicyclic amines) is 1. The number of amides is 3. The van der Waals surface area contributed by atoms with E-state index in [4.69, 9.17) is 5.73 Å². The standard InChI is InChI=1S/C18H22N6O2S/c1-10-15(12-6-7-20-14(22-12)9-11-4-5-11)27-17(21-10)23-18(26)24-8-2-3-13(24)16(19)25/h6-7,11,13H,2-5,8-9H2,1H3,(H2,19,25)(H,21,23,26). The van der Waals surface area contributed by atoms with Gasteiger partial charge in [0.15, 0.2) is 5.13 Å². The van der Waals surface area contributed by atoms with Gasteiger partial charge < -0.3 is 10.6 Å². The van der Waals surface area contributed by atoms with Crippen LogP contribution in [-0.4, -0.2) is 44.4 Å². The maximum atomic E-state index is 12.5. The average Bonchev–Trinajstić information content (AvgIpc) is 3.17. The molecule has 3 amide bonds. The lowest BCUT2D eigenvalue weighted by Gasteiger charge is -2.21. The van der Waals surface area contributed by atoms with Gasteiger partial charge in [0.1, 0.15) is 11.9 Å². The van der Waals surface area contributed by atoms with Gasteiger partial charge in [0.25, 0.3) is 0 Å². The number of nitrogens with two attached hydrogens (primary N) is 1. The molecule has 1 atom stereocenters. The van der Waals surface area contributed by atoms with Crippen LogP contribution in [0.2, 0.25) is 0 Å². The highest BCUT2D eigenvalue weighted by Crippen LogP contribution is 2.34. The number of hydrogen-bond donors (Lipinski definition) is 2. The summed E-state index contributed by atoms with van der Waals surface area (Å²) >= 11 is 1.38. The second-order valence-electron chi connectivity index (χ2n) is 7.12. The first-order valence-electron chi connectivity index (χ1n) is 9.18. The number of nitrogens with one attached hydrogen (secondary N) is 1. The summed E-state index contributed by atoms with van der Waals surface area (Å²) in [6, 6.07) is 0.984. The minimum absolute atomic E-state index is 0.339. The van der Waals surface area contributed by atoms with Crippen LogP contribution >= 0.6 is 11.3 Å². The predicted molar refractivity (Wildman–Crippen MR) is 102 cm³/mol. The highest BCUT2D eigenvalue weighted by atomic mass is 32.1. The van der Waals surface area contributed by atoms with Gasteiger partial charge >= 0.3 is 6.03 Å². The number of aromatic nitrogens is 3. The van der Waals surface area contributed by atoms with Gasteiger partial charge in [-0.1, -0.05) is 11.3 Å². The molecule has 2 aromatic rings. The Morgan fingerprint density at radius 1 is 1.33 bits per heavy atom. The van der Waals surface area contributed by atoms with Crippen molar-refractivity contribution in [2.75, 3.05) is 11.9 Å².